The molecule has 0 aromatic rings. The molecule has 350 valence electrons. The second-order valence-corrected chi connectivity index (χ2v) is 18.6. The molecule has 0 aromatic carbocycles. The lowest BCUT2D eigenvalue weighted by atomic mass is 10.0. The second kappa shape index (κ2) is 47.5. The van der Waals surface area contributed by atoms with E-state index in [-0.39, 0.29) is 31.1 Å². The molecule has 0 rings (SSSR count). The zero-order valence-corrected chi connectivity index (χ0v) is 40.2. The Kier molecular flexibility index (Phi) is 46.2. The molecule has 0 N–H and O–H groups in total. The van der Waals surface area contributed by atoms with Gasteiger partial charge in [-0.15, -0.1) is 0 Å². The predicted molar refractivity (Wildman–Crippen MR) is 252 cm³/mol. The maximum absolute atomic E-state index is 12.8. The van der Waals surface area contributed by atoms with Crippen molar-refractivity contribution in [3.63, 3.8) is 0 Å². The van der Waals surface area contributed by atoms with Crippen LogP contribution < -0.4 is 0 Å². The summed E-state index contributed by atoms with van der Waals surface area (Å²) >= 11 is 0. The molecule has 6 heteroatoms. The van der Waals surface area contributed by atoms with Crippen LogP contribution in [0.2, 0.25) is 0 Å². The zero-order valence-electron chi connectivity index (χ0n) is 40.2. The molecule has 0 fully saturated rings. The van der Waals surface area contributed by atoms with Gasteiger partial charge in [-0.1, -0.05) is 259 Å². The van der Waals surface area contributed by atoms with Crippen LogP contribution in [0.25, 0.3) is 0 Å². The number of esters is 3. The second-order valence-electron chi connectivity index (χ2n) is 18.6. The van der Waals surface area contributed by atoms with E-state index in [2.05, 4.69) is 27.7 Å². The van der Waals surface area contributed by atoms with Gasteiger partial charge in [0.25, 0.3) is 0 Å². The first-order valence-corrected chi connectivity index (χ1v) is 26.4. The molecule has 0 aliphatic carbocycles. The Morgan fingerprint density at radius 2 is 0.559 bits per heavy atom. The van der Waals surface area contributed by atoms with Crippen molar-refractivity contribution >= 4 is 17.9 Å². The van der Waals surface area contributed by atoms with Gasteiger partial charge >= 0.3 is 17.9 Å². The van der Waals surface area contributed by atoms with Gasteiger partial charge in [-0.3, -0.25) is 14.4 Å². The molecular weight excluding hydrogens is 733 g/mol. The Balaban J connectivity index is 4.29. The van der Waals surface area contributed by atoms with E-state index in [0.717, 1.165) is 63.7 Å². The van der Waals surface area contributed by atoms with Crippen LogP contribution in [0.1, 0.15) is 297 Å². The lowest BCUT2D eigenvalue weighted by Gasteiger charge is -2.18. The average Bonchev–Trinajstić information content (AvgIpc) is 3.22. The lowest BCUT2D eigenvalue weighted by molar-refractivity contribution is -0.167. The van der Waals surface area contributed by atoms with Gasteiger partial charge in [0.15, 0.2) is 6.10 Å². The van der Waals surface area contributed by atoms with E-state index >= 15 is 0 Å². The summed E-state index contributed by atoms with van der Waals surface area (Å²) in [5.41, 5.74) is 0. The summed E-state index contributed by atoms with van der Waals surface area (Å²) in [6, 6.07) is 0. The molecule has 0 aliphatic rings. The van der Waals surface area contributed by atoms with E-state index < -0.39 is 6.10 Å². The number of carbonyl (C=O) groups excluding carboxylic acids is 3. The highest BCUT2D eigenvalue weighted by Gasteiger charge is 2.19. The van der Waals surface area contributed by atoms with Crippen LogP contribution in [0.3, 0.4) is 0 Å². The molecule has 0 spiro atoms. The van der Waals surface area contributed by atoms with Crippen LogP contribution in [-0.2, 0) is 28.6 Å². The molecule has 1 atom stereocenters. The number of carbonyl (C=O) groups is 3. The van der Waals surface area contributed by atoms with Crippen molar-refractivity contribution < 1.29 is 28.6 Å². The predicted octanol–water partition coefficient (Wildman–Crippen LogP) is 17.1. The van der Waals surface area contributed by atoms with E-state index in [1.807, 2.05) is 0 Å². The minimum absolute atomic E-state index is 0.0625. The molecule has 59 heavy (non-hydrogen) atoms. The van der Waals surface area contributed by atoms with Crippen LogP contribution in [0.15, 0.2) is 0 Å². The van der Waals surface area contributed by atoms with Crippen molar-refractivity contribution in [2.45, 2.75) is 303 Å². The quantitative estimate of drug-likeness (QED) is 0.0345. The molecular formula is C53H102O6. The Bertz CT molecular complexity index is 887. The topological polar surface area (TPSA) is 78.9 Å². The number of hydrogen-bond acceptors (Lipinski definition) is 6. The summed E-state index contributed by atoms with van der Waals surface area (Å²) < 4.78 is 16.8. The van der Waals surface area contributed by atoms with Gasteiger partial charge in [-0.2, -0.15) is 0 Å². The molecule has 0 radical (unpaired) electrons. The van der Waals surface area contributed by atoms with Crippen LogP contribution in [0.4, 0.5) is 0 Å². The fourth-order valence-electron chi connectivity index (χ4n) is 8.04. The molecule has 6 nitrogen and oxygen atoms in total. The third-order valence-corrected chi connectivity index (χ3v) is 12.0. The smallest absolute Gasteiger partial charge is 0.306 e. The summed E-state index contributed by atoms with van der Waals surface area (Å²) in [4.78, 5) is 37.9. The van der Waals surface area contributed by atoms with E-state index in [0.29, 0.717) is 19.3 Å². The minimum Gasteiger partial charge on any atom is -0.462 e. The molecule has 0 bridgehead atoms. The highest BCUT2D eigenvalue weighted by atomic mass is 16.6. The fourth-order valence-corrected chi connectivity index (χ4v) is 8.04. The first-order chi connectivity index (χ1) is 28.9. The minimum atomic E-state index is -0.760. The first-order valence-electron chi connectivity index (χ1n) is 26.4. The highest BCUT2D eigenvalue weighted by Crippen LogP contribution is 2.17. The van der Waals surface area contributed by atoms with Gasteiger partial charge < -0.3 is 14.2 Å². The van der Waals surface area contributed by atoms with Gasteiger partial charge in [0, 0.05) is 19.3 Å². The summed E-state index contributed by atoms with van der Waals surface area (Å²) in [5.74, 6) is -0.00258. The number of hydrogen-bond donors (Lipinski definition) is 0. The van der Waals surface area contributed by atoms with Crippen molar-refractivity contribution in [2.24, 2.45) is 5.92 Å². The summed E-state index contributed by atoms with van der Waals surface area (Å²) in [6.07, 6.45) is 49.4. The number of ether oxygens (including phenoxy) is 3. The fraction of sp³-hybridized carbons (Fsp3) is 0.943. The van der Waals surface area contributed by atoms with Gasteiger partial charge in [-0.05, 0) is 25.2 Å². The van der Waals surface area contributed by atoms with Crippen LogP contribution in [0, 0.1) is 5.92 Å². The summed E-state index contributed by atoms with van der Waals surface area (Å²) in [6.45, 7) is 9.03. The maximum atomic E-state index is 12.8. The lowest BCUT2D eigenvalue weighted by Crippen LogP contribution is -2.30. The molecule has 0 heterocycles. The summed E-state index contributed by atoms with van der Waals surface area (Å²) in [5, 5.41) is 0. The monoisotopic (exact) mass is 835 g/mol. The average molecular weight is 835 g/mol. The third kappa shape index (κ3) is 47.3. The van der Waals surface area contributed by atoms with Crippen molar-refractivity contribution in [3.05, 3.63) is 0 Å². The van der Waals surface area contributed by atoms with E-state index in [9.17, 15) is 14.4 Å². The summed E-state index contributed by atoms with van der Waals surface area (Å²) in [7, 11) is 0. The maximum Gasteiger partial charge on any atom is 0.306 e. The Hall–Kier alpha value is -1.59. The molecule has 0 aliphatic heterocycles. The van der Waals surface area contributed by atoms with Crippen molar-refractivity contribution in [1.29, 1.82) is 0 Å². The molecule has 0 unspecified atom stereocenters. The van der Waals surface area contributed by atoms with Crippen LogP contribution >= 0.6 is 0 Å². The van der Waals surface area contributed by atoms with Crippen LogP contribution in [-0.4, -0.2) is 37.2 Å². The van der Waals surface area contributed by atoms with Crippen molar-refractivity contribution in [2.75, 3.05) is 13.2 Å². The number of rotatable bonds is 48. The normalized spacial score (nSPS) is 11.9. The first kappa shape index (κ1) is 57.4. The highest BCUT2D eigenvalue weighted by molar-refractivity contribution is 5.71. The SMILES string of the molecule is CCCCCCCCCCCCCCCC(=O)O[C@@H](COC(=O)CCCCCCCCCCCCCC)COC(=O)CCCCCCCCCCCCCCCC(C)C. The van der Waals surface area contributed by atoms with E-state index in [4.69, 9.17) is 14.2 Å². The van der Waals surface area contributed by atoms with E-state index in [1.165, 1.54) is 193 Å². The van der Waals surface area contributed by atoms with Gasteiger partial charge in [-0.25, -0.2) is 0 Å². The molecule has 0 amide bonds. The molecule has 0 saturated carbocycles. The standard InChI is InChI=1S/C53H102O6/c1-5-7-9-11-13-15-17-20-26-30-34-38-42-46-53(56)59-50(47-57-51(54)44-40-36-32-28-24-18-16-14-12-10-8-6-2)48-58-52(55)45-41-37-33-29-25-22-19-21-23-27-31-35-39-43-49(3)4/h49-50H,5-48H2,1-4H3/t50-/m0/s1. The van der Waals surface area contributed by atoms with Gasteiger partial charge in [0.05, 0.1) is 0 Å². The van der Waals surface area contributed by atoms with Gasteiger partial charge in [0.1, 0.15) is 13.2 Å². The Morgan fingerprint density at radius 3 is 0.831 bits per heavy atom. The van der Waals surface area contributed by atoms with Crippen molar-refractivity contribution in [1.82, 2.24) is 0 Å². The van der Waals surface area contributed by atoms with Crippen molar-refractivity contribution in [3.8, 4) is 0 Å². The third-order valence-electron chi connectivity index (χ3n) is 12.0. The Labute approximate surface area is 368 Å². The van der Waals surface area contributed by atoms with Crippen LogP contribution in [0.5, 0.6) is 0 Å². The molecule has 0 aromatic heterocycles. The molecule has 0 saturated heterocycles. The van der Waals surface area contributed by atoms with E-state index in [1.54, 1.807) is 0 Å². The number of unbranched alkanes of at least 4 members (excludes halogenated alkanes) is 35. The zero-order chi connectivity index (χ0) is 43.1. The largest absolute Gasteiger partial charge is 0.462 e. The van der Waals surface area contributed by atoms with Gasteiger partial charge in [0.2, 0.25) is 0 Å². The Morgan fingerprint density at radius 1 is 0.322 bits per heavy atom.